The summed E-state index contributed by atoms with van der Waals surface area (Å²) in [4.78, 5) is 44.0. The van der Waals surface area contributed by atoms with E-state index in [-0.39, 0.29) is 0 Å². The lowest BCUT2D eigenvalue weighted by molar-refractivity contribution is -0.129. The molecule has 0 fully saturated rings. The fourth-order valence-corrected chi connectivity index (χ4v) is 3.08. The van der Waals surface area contributed by atoms with E-state index >= 15 is 0 Å². The van der Waals surface area contributed by atoms with Crippen LogP contribution in [0, 0.1) is 5.92 Å². The number of benzene rings is 1. The second-order valence-corrected chi connectivity index (χ2v) is 6.22. The van der Waals surface area contributed by atoms with Crippen LogP contribution in [0.1, 0.15) is 36.5 Å². The molecule has 2 aromatic rings. The van der Waals surface area contributed by atoms with Crippen molar-refractivity contribution in [3.8, 4) is 0 Å². The van der Waals surface area contributed by atoms with Gasteiger partial charge < -0.3 is 10.2 Å². The van der Waals surface area contributed by atoms with Gasteiger partial charge in [-0.1, -0.05) is 38.0 Å². The predicted octanol–water partition coefficient (Wildman–Crippen LogP) is 3.06. The highest BCUT2D eigenvalue weighted by Gasteiger charge is 2.43. The van der Waals surface area contributed by atoms with E-state index in [0.29, 0.717) is 23.6 Å². The first kappa shape index (κ1) is 17.8. The summed E-state index contributed by atoms with van der Waals surface area (Å²) in [6.45, 7) is 2.57. The Morgan fingerprint density at radius 2 is 1.88 bits per heavy atom. The largest absolute Gasteiger partial charge is 0.311 e. The second-order valence-electron chi connectivity index (χ2n) is 6.22. The molecule has 0 radical (unpaired) electrons. The van der Waals surface area contributed by atoms with Crippen molar-refractivity contribution in [2.75, 3.05) is 16.8 Å². The lowest BCUT2D eigenvalue weighted by Gasteiger charge is -2.32. The van der Waals surface area contributed by atoms with E-state index in [1.54, 1.807) is 47.4 Å². The Morgan fingerprint density at radius 1 is 1.12 bits per heavy atom. The number of nitrogens with one attached hydrogen (secondary N) is 1. The van der Waals surface area contributed by atoms with Gasteiger partial charge in [0.05, 0.1) is 5.69 Å². The summed E-state index contributed by atoms with van der Waals surface area (Å²) in [6.07, 6.45) is 4.35. The van der Waals surface area contributed by atoms with Crippen LogP contribution in [0.5, 0.6) is 0 Å². The van der Waals surface area contributed by atoms with E-state index in [9.17, 15) is 14.4 Å². The van der Waals surface area contributed by atoms with Crippen molar-refractivity contribution in [2.45, 2.75) is 26.2 Å². The van der Waals surface area contributed by atoms with Crippen molar-refractivity contribution in [2.24, 2.45) is 5.92 Å². The first-order valence-electron chi connectivity index (χ1n) is 8.80. The van der Waals surface area contributed by atoms with E-state index in [4.69, 9.17) is 0 Å². The van der Waals surface area contributed by atoms with Crippen molar-refractivity contribution in [3.63, 3.8) is 0 Å². The van der Waals surface area contributed by atoms with Crippen LogP contribution in [0.2, 0.25) is 0 Å². The van der Waals surface area contributed by atoms with Crippen LogP contribution >= 0.6 is 0 Å². The van der Waals surface area contributed by atoms with Crippen molar-refractivity contribution < 1.29 is 14.4 Å². The molecular weight excluding hydrogens is 330 g/mol. The molecule has 6 nitrogen and oxygen atoms in total. The summed E-state index contributed by atoms with van der Waals surface area (Å²) < 4.78 is 0. The van der Waals surface area contributed by atoms with Gasteiger partial charge in [0, 0.05) is 18.3 Å². The summed E-state index contributed by atoms with van der Waals surface area (Å²) in [5.41, 5.74) is 0.991. The molecule has 0 bridgehead atoms. The number of aromatic nitrogens is 1. The minimum Gasteiger partial charge on any atom is -0.311 e. The molecule has 1 aliphatic heterocycles. The number of anilines is 2. The predicted molar refractivity (Wildman–Crippen MR) is 99.0 cm³/mol. The summed E-state index contributed by atoms with van der Waals surface area (Å²) >= 11 is 0. The summed E-state index contributed by atoms with van der Waals surface area (Å²) in [5.74, 6) is -2.65. The van der Waals surface area contributed by atoms with Gasteiger partial charge in [0.15, 0.2) is 11.7 Å². The third-order valence-corrected chi connectivity index (χ3v) is 4.40. The van der Waals surface area contributed by atoms with Crippen LogP contribution in [0.15, 0.2) is 48.7 Å². The van der Waals surface area contributed by atoms with Gasteiger partial charge in [-0.25, -0.2) is 4.98 Å². The maximum Gasteiger partial charge on any atom is 0.247 e. The minimum atomic E-state index is -1.38. The van der Waals surface area contributed by atoms with Gasteiger partial charge in [-0.05, 0) is 30.7 Å². The van der Waals surface area contributed by atoms with Crippen LogP contribution in [0.3, 0.4) is 0 Å². The maximum atomic E-state index is 12.9. The molecule has 1 aliphatic rings. The number of amides is 2. The summed E-state index contributed by atoms with van der Waals surface area (Å²) in [7, 11) is 0. The molecule has 6 heteroatoms. The molecule has 1 atom stereocenters. The van der Waals surface area contributed by atoms with Crippen molar-refractivity contribution in [3.05, 3.63) is 54.2 Å². The Balaban J connectivity index is 1.89. The lowest BCUT2D eigenvalue weighted by Crippen LogP contribution is -2.49. The average Bonchev–Trinajstić information content (AvgIpc) is 2.65. The fraction of sp³-hybridized carbons (Fsp3) is 0.300. The Labute approximate surface area is 152 Å². The molecule has 1 aromatic heterocycles. The second kappa shape index (κ2) is 7.91. The minimum absolute atomic E-state index is 0.314. The van der Waals surface area contributed by atoms with Gasteiger partial charge in [-0.15, -0.1) is 0 Å². The quantitative estimate of drug-likeness (QED) is 0.641. The number of carbonyl (C=O) groups excluding carboxylic acids is 3. The van der Waals surface area contributed by atoms with Crippen molar-refractivity contribution in [1.29, 1.82) is 0 Å². The average molecular weight is 351 g/mol. The number of hydrogen-bond acceptors (Lipinski definition) is 4. The number of unbranched alkanes of at least 4 members (excludes halogenated alkanes) is 2. The number of ketones is 1. The Hall–Kier alpha value is -3.02. The highest BCUT2D eigenvalue weighted by molar-refractivity contribution is 6.32. The van der Waals surface area contributed by atoms with E-state index in [1.807, 2.05) is 0 Å². The number of carbonyl (C=O) groups is 3. The van der Waals surface area contributed by atoms with Gasteiger partial charge in [0.2, 0.25) is 11.8 Å². The van der Waals surface area contributed by atoms with Gasteiger partial charge in [-0.3, -0.25) is 14.4 Å². The number of para-hydroxylation sites is 1. The monoisotopic (exact) mass is 351 g/mol. The van der Waals surface area contributed by atoms with E-state index in [1.165, 1.54) is 6.20 Å². The number of rotatable bonds is 6. The first-order chi connectivity index (χ1) is 12.6. The number of hydrogen-bond donors (Lipinski definition) is 1. The highest BCUT2D eigenvalue weighted by Crippen LogP contribution is 2.31. The zero-order valence-electron chi connectivity index (χ0n) is 14.6. The number of Topliss-reactive ketones (excluding diaryl/α,β-unsaturated/α-hetero) is 1. The normalized spacial score (nSPS) is 16.3. The Kier molecular flexibility index (Phi) is 5.41. The molecular formula is C20H21N3O3. The summed E-state index contributed by atoms with van der Waals surface area (Å²) in [6, 6.07) is 12.0. The number of fused-ring (bicyclic) bond motifs is 1. The van der Waals surface area contributed by atoms with Crippen molar-refractivity contribution in [1.82, 2.24) is 4.98 Å². The van der Waals surface area contributed by atoms with Crippen LogP contribution in [-0.2, 0) is 9.59 Å². The smallest absolute Gasteiger partial charge is 0.247 e. The maximum absolute atomic E-state index is 12.9. The molecule has 0 aliphatic carbocycles. The third-order valence-electron chi connectivity index (χ3n) is 4.40. The Bertz CT molecular complexity index is 820. The molecule has 0 saturated heterocycles. The van der Waals surface area contributed by atoms with Gasteiger partial charge >= 0.3 is 0 Å². The molecule has 0 spiro atoms. The third kappa shape index (κ3) is 3.49. The van der Waals surface area contributed by atoms with Gasteiger partial charge in [0.1, 0.15) is 5.82 Å². The van der Waals surface area contributed by atoms with Crippen LogP contribution in [0.4, 0.5) is 11.5 Å². The van der Waals surface area contributed by atoms with Gasteiger partial charge in [0.25, 0.3) is 0 Å². The Morgan fingerprint density at radius 3 is 2.62 bits per heavy atom. The molecule has 26 heavy (non-hydrogen) atoms. The zero-order valence-corrected chi connectivity index (χ0v) is 14.6. The van der Waals surface area contributed by atoms with Crippen molar-refractivity contribution >= 4 is 29.1 Å². The highest BCUT2D eigenvalue weighted by atomic mass is 16.2. The molecule has 1 unspecified atom stereocenters. The zero-order chi connectivity index (χ0) is 18.5. The van der Waals surface area contributed by atoms with E-state index < -0.39 is 23.5 Å². The van der Waals surface area contributed by atoms with E-state index in [2.05, 4.69) is 17.2 Å². The topological polar surface area (TPSA) is 79.4 Å². The fourth-order valence-electron chi connectivity index (χ4n) is 3.08. The molecule has 3 rings (SSSR count). The lowest BCUT2D eigenvalue weighted by atomic mass is 9.89. The standard InChI is InChI=1S/C20H21N3O3/c1-2-3-8-13-23-15-10-5-4-9-14(15)18(24)17(20(23)26)19(25)22-16-11-6-7-12-21-16/h4-7,9-12,17H,2-3,8,13H2,1H3,(H,21,22,25). The molecule has 1 N–H and O–H groups in total. The molecule has 2 heterocycles. The van der Waals surface area contributed by atoms with Crippen LogP contribution < -0.4 is 10.2 Å². The number of pyridine rings is 1. The van der Waals surface area contributed by atoms with E-state index in [0.717, 1.165) is 19.3 Å². The SMILES string of the molecule is CCCCCN1C(=O)C(C(=O)Nc2ccccn2)C(=O)c2ccccc21. The summed E-state index contributed by atoms with van der Waals surface area (Å²) in [5, 5.41) is 2.57. The number of nitrogens with zero attached hydrogens (tertiary/aromatic N) is 2. The molecule has 1 aromatic carbocycles. The van der Waals surface area contributed by atoms with Crippen LogP contribution in [-0.4, -0.2) is 29.1 Å². The first-order valence-corrected chi connectivity index (χ1v) is 8.80. The molecule has 2 amide bonds. The molecule has 134 valence electrons. The van der Waals surface area contributed by atoms with Gasteiger partial charge in [-0.2, -0.15) is 0 Å². The molecule has 0 saturated carbocycles. The van der Waals surface area contributed by atoms with Crippen LogP contribution in [0.25, 0.3) is 0 Å².